The summed E-state index contributed by atoms with van der Waals surface area (Å²) in [4.78, 5) is 25.2. The maximum atomic E-state index is 12.6. The van der Waals surface area contributed by atoms with Gasteiger partial charge in [-0.1, -0.05) is 39.0 Å². The molecule has 2 amide bonds. The maximum Gasteiger partial charge on any atom is 0.255 e. The Morgan fingerprint density at radius 3 is 1.87 bits per heavy atom. The Labute approximate surface area is 196 Å². The van der Waals surface area contributed by atoms with Gasteiger partial charge in [0, 0.05) is 22.5 Å². The second-order valence-electron chi connectivity index (χ2n) is 8.17. The molecule has 3 aromatic carbocycles. The van der Waals surface area contributed by atoms with Crippen molar-refractivity contribution in [2.24, 2.45) is 0 Å². The molecule has 0 aromatic heterocycles. The molecule has 0 saturated heterocycles. The van der Waals surface area contributed by atoms with E-state index >= 15 is 0 Å². The number of halogens is 1. The van der Waals surface area contributed by atoms with E-state index in [1.54, 1.807) is 49.6 Å². The maximum absolute atomic E-state index is 12.6. The Bertz CT molecular complexity index is 1100. The van der Waals surface area contributed by atoms with Crippen LogP contribution in [0.25, 0.3) is 0 Å². The lowest BCUT2D eigenvalue weighted by molar-refractivity contribution is 0.101. The van der Waals surface area contributed by atoms with Gasteiger partial charge >= 0.3 is 0 Å². The SMILES string of the molecule is COc1ccc(C(=O)Nc2cccc(NC(=O)c3ccc(C(C)(C)C)cc3)c2)cc1I. The van der Waals surface area contributed by atoms with Crippen LogP contribution in [0.4, 0.5) is 11.4 Å². The van der Waals surface area contributed by atoms with E-state index in [4.69, 9.17) is 4.74 Å². The molecule has 0 aliphatic rings. The van der Waals surface area contributed by atoms with Crippen LogP contribution in [0.2, 0.25) is 0 Å². The van der Waals surface area contributed by atoms with Crippen LogP contribution in [0, 0.1) is 3.57 Å². The third-order valence-electron chi connectivity index (χ3n) is 4.81. The Kier molecular flexibility index (Phi) is 7.00. The predicted molar refractivity (Wildman–Crippen MR) is 133 cm³/mol. The van der Waals surface area contributed by atoms with Crippen LogP contribution in [0.5, 0.6) is 5.75 Å². The van der Waals surface area contributed by atoms with Crippen LogP contribution in [0.15, 0.2) is 66.7 Å². The van der Waals surface area contributed by atoms with Crippen molar-refractivity contribution in [3.8, 4) is 5.75 Å². The molecule has 0 atom stereocenters. The highest BCUT2D eigenvalue weighted by Crippen LogP contribution is 2.24. The Hall–Kier alpha value is -2.87. The number of nitrogens with one attached hydrogen (secondary N) is 2. The van der Waals surface area contributed by atoms with Gasteiger partial charge in [-0.3, -0.25) is 9.59 Å². The van der Waals surface area contributed by atoms with E-state index in [1.165, 1.54) is 5.56 Å². The van der Waals surface area contributed by atoms with Gasteiger partial charge in [0.25, 0.3) is 11.8 Å². The molecule has 0 aliphatic heterocycles. The number of ether oxygens (including phenoxy) is 1. The largest absolute Gasteiger partial charge is 0.496 e. The van der Waals surface area contributed by atoms with Crippen molar-refractivity contribution >= 4 is 45.8 Å². The number of amides is 2. The molecule has 0 saturated carbocycles. The third-order valence-corrected chi connectivity index (χ3v) is 5.65. The predicted octanol–water partition coefficient (Wildman–Crippen LogP) is 6.10. The van der Waals surface area contributed by atoms with Gasteiger partial charge in [-0.05, 0) is 82.1 Å². The summed E-state index contributed by atoms with van der Waals surface area (Å²) < 4.78 is 6.08. The highest BCUT2D eigenvalue weighted by molar-refractivity contribution is 14.1. The van der Waals surface area contributed by atoms with Crippen molar-refractivity contribution < 1.29 is 14.3 Å². The number of rotatable bonds is 5. The highest BCUT2D eigenvalue weighted by atomic mass is 127. The van der Waals surface area contributed by atoms with Crippen molar-refractivity contribution in [2.45, 2.75) is 26.2 Å². The molecule has 0 spiro atoms. The number of benzene rings is 3. The lowest BCUT2D eigenvalue weighted by atomic mass is 9.87. The first kappa shape index (κ1) is 22.8. The molecule has 0 bridgehead atoms. The van der Waals surface area contributed by atoms with Gasteiger partial charge in [-0.25, -0.2) is 0 Å². The zero-order valence-corrected chi connectivity index (χ0v) is 20.1. The number of hydrogen-bond acceptors (Lipinski definition) is 3. The molecular formula is C25H25IN2O3. The molecule has 3 rings (SSSR count). The zero-order chi connectivity index (χ0) is 22.6. The smallest absolute Gasteiger partial charge is 0.255 e. The van der Waals surface area contributed by atoms with E-state index < -0.39 is 0 Å². The molecule has 5 nitrogen and oxygen atoms in total. The van der Waals surface area contributed by atoms with Crippen LogP contribution in [0.3, 0.4) is 0 Å². The van der Waals surface area contributed by atoms with E-state index in [1.807, 2.05) is 24.3 Å². The molecule has 0 radical (unpaired) electrons. The summed E-state index contributed by atoms with van der Waals surface area (Å²) in [6, 6.07) is 19.9. The summed E-state index contributed by atoms with van der Waals surface area (Å²) in [5.74, 6) is 0.285. The first-order valence-corrected chi connectivity index (χ1v) is 10.9. The Morgan fingerprint density at radius 2 is 1.35 bits per heavy atom. The summed E-state index contributed by atoms with van der Waals surface area (Å²) >= 11 is 2.13. The molecule has 2 N–H and O–H groups in total. The van der Waals surface area contributed by atoms with Gasteiger partial charge in [0.1, 0.15) is 5.75 Å². The van der Waals surface area contributed by atoms with Crippen LogP contribution >= 0.6 is 22.6 Å². The first-order chi connectivity index (χ1) is 14.7. The molecule has 0 heterocycles. The standard InChI is InChI=1S/C25H25IN2O3/c1-25(2,3)18-11-8-16(9-12-18)23(29)27-19-6-5-7-20(15-19)28-24(30)17-10-13-22(31-4)21(26)14-17/h5-15H,1-4H3,(H,27,29)(H,28,30). The fourth-order valence-electron chi connectivity index (χ4n) is 3.01. The molecule has 160 valence electrons. The van der Waals surface area contributed by atoms with Gasteiger partial charge in [0.2, 0.25) is 0 Å². The summed E-state index contributed by atoms with van der Waals surface area (Å²) in [7, 11) is 1.59. The minimum Gasteiger partial charge on any atom is -0.496 e. The summed E-state index contributed by atoms with van der Waals surface area (Å²) in [6.45, 7) is 6.40. The minimum absolute atomic E-state index is 0.0312. The molecule has 31 heavy (non-hydrogen) atoms. The lowest BCUT2D eigenvalue weighted by Gasteiger charge is -2.19. The lowest BCUT2D eigenvalue weighted by Crippen LogP contribution is -2.15. The minimum atomic E-state index is -0.234. The van der Waals surface area contributed by atoms with E-state index in [-0.39, 0.29) is 17.2 Å². The fourth-order valence-corrected chi connectivity index (χ4v) is 3.75. The van der Waals surface area contributed by atoms with E-state index in [9.17, 15) is 9.59 Å². The van der Waals surface area contributed by atoms with Gasteiger partial charge < -0.3 is 15.4 Å². The second kappa shape index (κ2) is 9.51. The highest BCUT2D eigenvalue weighted by Gasteiger charge is 2.15. The molecular weight excluding hydrogens is 503 g/mol. The van der Waals surface area contributed by atoms with E-state index in [0.29, 0.717) is 22.5 Å². The molecule has 0 aliphatic carbocycles. The molecule has 3 aromatic rings. The number of carbonyl (C=O) groups is 2. The Morgan fingerprint density at radius 1 is 0.806 bits per heavy atom. The number of anilines is 2. The van der Waals surface area contributed by atoms with Crippen molar-refractivity contribution in [3.63, 3.8) is 0 Å². The van der Waals surface area contributed by atoms with Crippen molar-refractivity contribution in [1.82, 2.24) is 0 Å². The van der Waals surface area contributed by atoms with E-state index in [0.717, 1.165) is 9.32 Å². The summed E-state index contributed by atoms with van der Waals surface area (Å²) in [5.41, 5.74) is 3.50. The summed E-state index contributed by atoms with van der Waals surface area (Å²) in [5, 5.41) is 5.75. The summed E-state index contributed by atoms with van der Waals surface area (Å²) in [6.07, 6.45) is 0. The quantitative estimate of drug-likeness (QED) is 0.394. The van der Waals surface area contributed by atoms with Crippen molar-refractivity contribution in [2.75, 3.05) is 17.7 Å². The van der Waals surface area contributed by atoms with Crippen molar-refractivity contribution in [3.05, 3.63) is 87.0 Å². The normalized spacial score (nSPS) is 11.0. The fraction of sp³-hybridized carbons (Fsp3) is 0.200. The Balaban J connectivity index is 1.69. The third kappa shape index (κ3) is 5.85. The van der Waals surface area contributed by atoms with Gasteiger partial charge in [-0.15, -0.1) is 0 Å². The number of hydrogen-bond donors (Lipinski definition) is 2. The topological polar surface area (TPSA) is 67.4 Å². The van der Waals surface area contributed by atoms with Gasteiger partial charge in [-0.2, -0.15) is 0 Å². The van der Waals surface area contributed by atoms with Gasteiger partial charge in [0.15, 0.2) is 0 Å². The number of carbonyl (C=O) groups excluding carboxylic acids is 2. The van der Waals surface area contributed by atoms with Crippen LogP contribution in [-0.2, 0) is 5.41 Å². The van der Waals surface area contributed by atoms with Crippen LogP contribution < -0.4 is 15.4 Å². The molecule has 0 unspecified atom stereocenters. The monoisotopic (exact) mass is 528 g/mol. The molecule has 0 fully saturated rings. The van der Waals surface area contributed by atoms with Gasteiger partial charge in [0.05, 0.1) is 10.7 Å². The van der Waals surface area contributed by atoms with Crippen molar-refractivity contribution in [1.29, 1.82) is 0 Å². The van der Waals surface area contributed by atoms with Crippen LogP contribution in [-0.4, -0.2) is 18.9 Å². The van der Waals surface area contributed by atoms with E-state index in [2.05, 4.69) is 54.0 Å². The molecule has 6 heteroatoms. The average Bonchev–Trinajstić information content (AvgIpc) is 2.73. The first-order valence-electron chi connectivity index (χ1n) is 9.84. The zero-order valence-electron chi connectivity index (χ0n) is 18.0. The van der Waals surface area contributed by atoms with Crippen LogP contribution in [0.1, 0.15) is 47.1 Å². The average molecular weight is 528 g/mol. The second-order valence-corrected chi connectivity index (χ2v) is 9.33. The number of methoxy groups -OCH3 is 1.